The third-order valence-corrected chi connectivity index (χ3v) is 3.29. The summed E-state index contributed by atoms with van der Waals surface area (Å²) in [7, 11) is 0. The van der Waals surface area contributed by atoms with Gasteiger partial charge in [0, 0.05) is 24.2 Å². The van der Waals surface area contributed by atoms with Crippen LogP contribution in [0, 0.1) is 0 Å². The highest BCUT2D eigenvalue weighted by atomic mass is 35.5. The van der Waals surface area contributed by atoms with Crippen molar-refractivity contribution in [1.82, 2.24) is 10.4 Å². The van der Waals surface area contributed by atoms with Gasteiger partial charge in [0.1, 0.15) is 0 Å². The zero-order chi connectivity index (χ0) is 12.8. The number of carbonyl (C=O) groups excluding carboxylic acids is 1. The van der Waals surface area contributed by atoms with Crippen molar-refractivity contribution in [2.75, 3.05) is 13.1 Å². The van der Waals surface area contributed by atoms with Gasteiger partial charge >= 0.3 is 0 Å². The van der Waals surface area contributed by atoms with Crippen molar-refractivity contribution in [2.45, 2.75) is 19.3 Å². The number of carbonyl (C=O) groups is 1. The molecule has 1 aliphatic rings. The minimum Gasteiger partial charge on any atom is -0.285 e. The lowest BCUT2D eigenvalue weighted by molar-refractivity contribution is -0.121. The van der Waals surface area contributed by atoms with E-state index in [1.54, 1.807) is 6.08 Å². The van der Waals surface area contributed by atoms with E-state index in [2.05, 4.69) is 5.43 Å². The highest BCUT2D eigenvalue weighted by Gasteiger charge is 2.10. The Morgan fingerprint density at radius 3 is 2.67 bits per heavy atom. The molecule has 4 heteroatoms. The quantitative estimate of drug-likeness (QED) is 0.852. The molecule has 0 aliphatic carbocycles. The fourth-order valence-electron chi connectivity index (χ4n) is 1.97. The molecule has 1 aromatic carbocycles. The van der Waals surface area contributed by atoms with E-state index in [1.165, 1.54) is 12.5 Å². The first kappa shape index (κ1) is 13.1. The zero-order valence-corrected chi connectivity index (χ0v) is 11.0. The largest absolute Gasteiger partial charge is 0.285 e. The summed E-state index contributed by atoms with van der Waals surface area (Å²) in [5, 5.41) is 2.63. The third-order valence-electron chi connectivity index (χ3n) is 2.94. The van der Waals surface area contributed by atoms with E-state index in [1.807, 2.05) is 29.3 Å². The molecule has 1 N–H and O–H groups in total. The Balaban J connectivity index is 1.88. The average molecular weight is 265 g/mol. The van der Waals surface area contributed by atoms with Crippen LogP contribution in [0.3, 0.4) is 0 Å². The minimum absolute atomic E-state index is 0.100. The summed E-state index contributed by atoms with van der Waals surface area (Å²) in [6.07, 6.45) is 6.81. The lowest BCUT2D eigenvalue weighted by Gasteiger charge is -2.26. The fraction of sp³-hybridized carbons (Fsp3) is 0.357. The predicted octanol–water partition coefficient (Wildman–Crippen LogP) is 2.87. The number of hydrogen-bond donors (Lipinski definition) is 1. The Morgan fingerprint density at radius 1 is 1.22 bits per heavy atom. The Labute approximate surface area is 112 Å². The van der Waals surface area contributed by atoms with Crippen LogP contribution in [-0.4, -0.2) is 24.0 Å². The van der Waals surface area contributed by atoms with Crippen LogP contribution in [0.15, 0.2) is 30.3 Å². The van der Waals surface area contributed by atoms with E-state index in [0.29, 0.717) is 5.02 Å². The standard InChI is InChI=1S/C14H17ClN2O/c15-13-7-3-2-6-12(13)8-9-14(18)16-17-10-4-1-5-11-17/h2-3,6-9H,1,4-5,10-11H2,(H,16,18)/b9-8+. The van der Waals surface area contributed by atoms with Crippen molar-refractivity contribution in [3.05, 3.63) is 40.9 Å². The summed E-state index contributed by atoms with van der Waals surface area (Å²) in [6, 6.07) is 7.46. The lowest BCUT2D eigenvalue weighted by atomic mass is 10.2. The van der Waals surface area contributed by atoms with Crippen molar-refractivity contribution in [3.63, 3.8) is 0 Å². The smallest absolute Gasteiger partial charge is 0.258 e. The highest BCUT2D eigenvalue weighted by molar-refractivity contribution is 6.32. The number of hydrazine groups is 1. The van der Waals surface area contributed by atoms with Gasteiger partial charge in [-0.1, -0.05) is 36.2 Å². The Hall–Kier alpha value is -1.32. The molecular weight excluding hydrogens is 248 g/mol. The van der Waals surface area contributed by atoms with Crippen LogP contribution in [0.1, 0.15) is 24.8 Å². The van der Waals surface area contributed by atoms with E-state index < -0.39 is 0 Å². The van der Waals surface area contributed by atoms with Gasteiger partial charge in [-0.3, -0.25) is 10.2 Å². The molecule has 96 valence electrons. The lowest BCUT2D eigenvalue weighted by Crippen LogP contribution is -2.44. The summed E-state index contributed by atoms with van der Waals surface area (Å²) in [4.78, 5) is 11.7. The molecule has 1 aromatic rings. The maximum atomic E-state index is 11.7. The number of halogens is 1. The molecule has 18 heavy (non-hydrogen) atoms. The van der Waals surface area contributed by atoms with Crippen LogP contribution < -0.4 is 5.43 Å². The van der Waals surface area contributed by atoms with E-state index in [4.69, 9.17) is 11.6 Å². The van der Waals surface area contributed by atoms with E-state index >= 15 is 0 Å². The molecule has 0 unspecified atom stereocenters. The van der Waals surface area contributed by atoms with Crippen LogP contribution in [0.2, 0.25) is 5.02 Å². The van der Waals surface area contributed by atoms with Crippen LogP contribution in [0.25, 0.3) is 6.08 Å². The first-order chi connectivity index (χ1) is 8.75. The molecule has 0 radical (unpaired) electrons. The Bertz CT molecular complexity index is 439. The second-order valence-electron chi connectivity index (χ2n) is 4.38. The molecule has 0 aromatic heterocycles. The first-order valence-corrected chi connectivity index (χ1v) is 6.62. The molecule has 0 spiro atoms. The van der Waals surface area contributed by atoms with E-state index in [0.717, 1.165) is 31.5 Å². The number of nitrogens with one attached hydrogen (secondary N) is 1. The van der Waals surface area contributed by atoms with Crippen LogP contribution in [0.5, 0.6) is 0 Å². The van der Waals surface area contributed by atoms with Crippen molar-refractivity contribution in [3.8, 4) is 0 Å². The number of amides is 1. The fourth-order valence-corrected chi connectivity index (χ4v) is 2.17. The van der Waals surface area contributed by atoms with Crippen LogP contribution in [-0.2, 0) is 4.79 Å². The molecule has 1 fully saturated rings. The number of rotatable bonds is 3. The maximum absolute atomic E-state index is 11.7. The summed E-state index contributed by atoms with van der Waals surface area (Å²) in [5.41, 5.74) is 3.73. The molecule has 0 bridgehead atoms. The third kappa shape index (κ3) is 3.86. The van der Waals surface area contributed by atoms with Gasteiger partial charge in [0.25, 0.3) is 5.91 Å². The van der Waals surface area contributed by atoms with Gasteiger partial charge in [-0.2, -0.15) is 0 Å². The van der Waals surface area contributed by atoms with Gasteiger partial charge in [0.15, 0.2) is 0 Å². The molecule has 3 nitrogen and oxygen atoms in total. The summed E-state index contributed by atoms with van der Waals surface area (Å²) in [6.45, 7) is 1.87. The molecule has 0 saturated carbocycles. The molecule has 2 rings (SSSR count). The number of benzene rings is 1. The first-order valence-electron chi connectivity index (χ1n) is 6.24. The average Bonchev–Trinajstić information content (AvgIpc) is 2.39. The van der Waals surface area contributed by atoms with Gasteiger partial charge in [0.2, 0.25) is 0 Å². The highest BCUT2D eigenvalue weighted by Crippen LogP contribution is 2.16. The summed E-state index contributed by atoms with van der Waals surface area (Å²) in [5.74, 6) is -0.100. The second kappa shape index (κ2) is 6.57. The van der Waals surface area contributed by atoms with Crippen molar-refractivity contribution >= 4 is 23.6 Å². The van der Waals surface area contributed by atoms with Gasteiger partial charge < -0.3 is 0 Å². The molecule has 1 heterocycles. The molecule has 0 atom stereocenters. The number of nitrogens with zero attached hydrogens (tertiary/aromatic N) is 1. The zero-order valence-electron chi connectivity index (χ0n) is 10.2. The van der Waals surface area contributed by atoms with Crippen molar-refractivity contribution < 1.29 is 4.79 Å². The van der Waals surface area contributed by atoms with Gasteiger partial charge in [0.05, 0.1) is 0 Å². The monoisotopic (exact) mass is 264 g/mol. The molecular formula is C14H17ClN2O. The summed E-state index contributed by atoms with van der Waals surface area (Å²) < 4.78 is 0. The van der Waals surface area contributed by atoms with Crippen LogP contribution >= 0.6 is 11.6 Å². The van der Waals surface area contributed by atoms with Crippen molar-refractivity contribution in [1.29, 1.82) is 0 Å². The Morgan fingerprint density at radius 2 is 1.94 bits per heavy atom. The maximum Gasteiger partial charge on any atom is 0.258 e. The van der Waals surface area contributed by atoms with Gasteiger partial charge in [-0.05, 0) is 30.5 Å². The second-order valence-corrected chi connectivity index (χ2v) is 4.79. The van der Waals surface area contributed by atoms with Crippen LogP contribution in [0.4, 0.5) is 0 Å². The molecule has 1 amide bonds. The van der Waals surface area contributed by atoms with E-state index in [9.17, 15) is 4.79 Å². The van der Waals surface area contributed by atoms with Gasteiger partial charge in [-0.15, -0.1) is 0 Å². The predicted molar refractivity (Wildman–Crippen MR) is 74.1 cm³/mol. The number of piperidine rings is 1. The van der Waals surface area contributed by atoms with Crippen molar-refractivity contribution in [2.24, 2.45) is 0 Å². The molecule has 1 saturated heterocycles. The minimum atomic E-state index is -0.100. The topological polar surface area (TPSA) is 32.3 Å². The summed E-state index contributed by atoms with van der Waals surface area (Å²) >= 11 is 6.01. The Kier molecular flexibility index (Phi) is 4.79. The van der Waals surface area contributed by atoms with E-state index in [-0.39, 0.29) is 5.91 Å². The van der Waals surface area contributed by atoms with Gasteiger partial charge in [-0.25, -0.2) is 5.01 Å². The number of hydrogen-bond acceptors (Lipinski definition) is 2. The normalized spacial score (nSPS) is 16.9. The SMILES string of the molecule is O=C(/C=C/c1ccccc1Cl)NN1CCCCC1. The molecule has 1 aliphatic heterocycles.